The van der Waals surface area contributed by atoms with E-state index in [2.05, 4.69) is 27.4 Å². The van der Waals surface area contributed by atoms with Crippen LogP contribution in [0.4, 0.5) is 0 Å². The molecule has 0 aromatic carbocycles. The molecular weight excluding hydrogens is 364 g/mol. The lowest BCUT2D eigenvalue weighted by Gasteiger charge is -2.43. The lowest BCUT2D eigenvalue weighted by molar-refractivity contribution is 0.133. The lowest BCUT2D eigenvalue weighted by atomic mass is 10.0. The molecule has 0 amide bonds. The molecule has 150 valence electrons. The van der Waals surface area contributed by atoms with Gasteiger partial charge < -0.3 is 27.0 Å². The van der Waals surface area contributed by atoms with Crippen molar-refractivity contribution in [2.75, 3.05) is 13.1 Å². The molecule has 1 aliphatic heterocycles. The van der Waals surface area contributed by atoms with Gasteiger partial charge in [-0.2, -0.15) is 0 Å². The minimum absolute atomic E-state index is 0.223. The van der Waals surface area contributed by atoms with E-state index in [9.17, 15) is 0 Å². The fourth-order valence-electron chi connectivity index (χ4n) is 3.39. The van der Waals surface area contributed by atoms with E-state index in [0.717, 1.165) is 25.9 Å². The average molecular weight is 401 g/mol. The number of thiocarbonyl (C=S) groups is 2. The summed E-state index contributed by atoms with van der Waals surface area (Å²) in [7, 11) is 0. The largest absolute Gasteiger partial charge is 0.376 e. The zero-order chi connectivity index (χ0) is 19.3. The number of nitrogens with one attached hydrogen (secondary N) is 2. The minimum Gasteiger partial charge on any atom is -0.376 e. The van der Waals surface area contributed by atoms with Crippen molar-refractivity contribution >= 4 is 41.0 Å². The van der Waals surface area contributed by atoms with Crippen LogP contribution in [0.5, 0.6) is 0 Å². The second kappa shape index (κ2) is 13.1. The SMILES string of the molecule is CCCCCCCCCCCCC(NC(N)=S)(NC(N)=S)N1C=NCC1. The Bertz CT molecular complexity index is 439. The molecule has 0 aromatic heterocycles. The minimum atomic E-state index is -0.683. The second-order valence-electron chi connectivity index (χ2n) is 6.99. The first-order chi connectivity index (χ1) is 12.5. The molecule has 0 unspecified atom stereocenters. The quantitative estimate of drug-likeness (QED) is 0.202. The van der Waals surface area contributed by atoms with Crippen LogP contribution in [0.2, 0.25) is 0 Å². The maximum absolute atomic E-state index is 5.77. The van der Waals surface area contributed by atoms with Gasteiger partial charge in [-0.1, -0.05) is 64.7 Å². The number of hydrogen-bond acceptors (Lipinski definition) is 4. The van der Waals surface area contributed by atoms with Gasteiger partial charge in [0.1, 0.15) is 0 Å². The van der Waals surface area contributed by atoms with Gasteiger partial charge in [-0.15, -0.1) is 0 Å². The van der Waals surface area contributed by atoms with Crippen molar-refractivity contribution in [1.82, 2.24) is 15.5 Å². The summed E-state index contributed by atoms with van der Waals surface area (Å²) in [6.07, 6.45) is 15.5. The highest BCUT2D eigenvalue weighted by atomic mass is 32.1. The van der Waals surface area contributed by atoms with E-state index in [1.807, 2.05) is 6.34 Å². The normalized spacial score (nSPS) is 13.8. The van der Waals surface area contributed by atoms with Gasteiger partial charge in [-0.25, -0.2) is 0 Å². The molecular formula is C18H36N6S2. The molecule has 1 aliphatic rings. The van der Waals surface area contributed by atoms with Crippen molar-refractivity contribution in [3.05, 3.63) is 0 Å². The van der Waals surface area contributed by atoms with Crippen molar-refractivity contribution < 1.29 is 0 Å². The maximum Gasteiger partial charge on any atom is 0.191 e. The summed E-state index contributed by atoms with van der Waals surface area (Å²) in [4.78, 5) is 6.35. The van der Waals surface area contributed by atoms with E-state index < -0.39 is 5.79 Å². The molecule has 0 fully saturated rings. The van der Waals surface area contributed by atoms with Crippen molar-refractivity contribution in [2.24, 2.45) is 16.5 Å². The zero-order valence-corrected chi connectivity index (χ0v) is 17.8. The Morgan fingerprint density at radius 1 is 0.962 bits per heavy atom. The molecule has 6 nitrogen and oxygen atoms in total. The predicted molar refractivity (Wildman–Crippen MR) is 119 cm³/mol. The molecule has 0 aliphatic carbocycles. The Morgan fingerprint density at radius 3 is 1.88 bits per heavy atom. The van der Waals surface area contributed by atoms with Crippen LogP contribution in [-0.4, -0.2) is 40.3 Å². The van der Waals surface area contributed by atoms with Crippen molar-refractivity contribution in [3.8, 4) is 0 Å². The van der Waals surface area contributed by atoms with Gasteiger partial charge in [0.05, 0.1) is 12.9 Å². The van der Waals surface area contributed by atoms with Crippen LogP contribution in [0.15, 0.2) is 4.99 Å². The van der Waals surface area contributed by atoms with Gasteiger partial charge in [0.2, 0.25) is 0 Å². The second-order valence-corrected chi connectivity index (χ2v) is 7.87. The molecule has 6 N–H and O–H groups in total. The van der Waals surface area contributed by atoms with Gasteiger partial charge in [-0.05, 0) is 30.9 Å². The van der Waals surface area contributed by atoms with E-state index >= 15 is 0 Å². The standard InChI is InChI=1S/C18H36N6S2/c1-2-3-4-5-6-7-8-9-10-11-12-18(22-16(19)25,23-17(20)26)24-14-13-21-15-24/h15H,2-14H2,1H3,(H3,19,22,25)(H3,20,23,26). The van der Waals surface area contributed by atoms with E-state index in [1.165, 1.54) is 57.8 Å². The van der Waals surface area contributed by atoms with E-state index in [-0.39, 0.29) is 10.2 Å². The first-order valence-corrected chi connectivity index (χ1v) is 10.7. The molecule has 0 saturated carbocycles. The molecule has 1 heterocycles. The summed E-state index contributed by atoms with van der Waals surface area (Å²) in [5, 5.41) is 6.77. The molecule has 0 spiro atoms. The monoisotopic (exact) mass is 400 g/mol. The van der Waals surface area contributed by atoms with Crippen LogP contribution in [0.3, 0.4) is 0 Å². The van der Waals surface area contributed by atoms with Gasteiger partial charge >= 0.3 is 0 Å². The fraction of sp³-hybridized carbons (Fsp3) is 0.833. The van der Waals surface area contributed by atoms with Crippen LogP contribution < -0.4 is 22.1 Å². The van der Waals surface area contributed by atoms with Crippen molar-refractivity contribution in [1.29, 1.82) is 0 Å². The van der Waals surface area contributed by atoms with Gasteiger partial charge in [0, 0.05) is 13.0 Å². The first-order valence-electron chi connectivity index (χ1n) is 9.92. The topological polar surface area (TPSA) is 91.7 Å². The summed E-state index contributed by atoms with van der Waals surface area (Å²) in [6, 6.07) is 0. The molecule has 26 heavy (non-hydrogen) atoms. The highest BCUT2D eigenvalue weighted by Crippen LogP contribution is 2.20. The fourth-order valence-corrected chi connectivity index (χ4v) is 3.73. The highest BCUT2D eigenvalue weighted by Gasteiger charge is 2.37. The summed E-state index contributed by atoms with van der Waals surface area (Å²) in [5.41, 5.74) is 11.5. The lowest BCUT2D eigenvalue weighted by Crippen LogP contribution is -2.71. The summed E-state index contributed by atoms with van der Waals surface area (Å²) in [5.74, 6) is -0.683. The van der Waals surface area contributed by atoms with Crippen LogP contribution in [0, 0.1) is 0 Å². The van der Waals surface area contributed by atoms with E-state index in [4.69, 9.17) is 35.9 Å². The number of hydrogen-bond donors (Lipinski definition) is 4. The van der Waals surface area contributed by atoms with Crippen molar-refractivity contribution in [2.45, 2.75) is 83.3 Å². The molecule has 8 heteroatoms. The first kappa shape index (κ1) is 22.9. The van der Waals surface area contributed by atoms with Crippen LogP contribution in [-0.2, 0) is 0 Å². The number of nitrogens with two attached hydrogens (primary N) is 2. The zero-order valence-electron chi connectivity index (χ0n) is 16.1. The average Bonchev–Trinajstić information content (AvgIpc) is 3.10. The molecule has 0 bridgehead atoms. The third kappa shape index (κ3) is 8.98. The Morgan fingerprint density at radius 2 is 1.46 bits per heavy atom. The van der Waals surface area contributed by atoms with Crippen molar-refractivity contribution in [3.63, 3.8) is 0 Å². The molecule has 0 radical (unpaired) electrons. The van der Waals surface area contributed by atoms with Crippen LogP contribution >= 0.6 is 24.4 Å². The molecule has 0 atom stereocenters. The third-order valence-corrected chi connectivity index (χ3v) is 4.94. The Labute approximate surface area is 169 Å². The molecule has 0 saturated heterocycles. The summed E-state index contributed by atoms with van der Waals surface area (Å²) < 4.78 is 0. The van der Waals surface area contributed by atoms with Crippen LogP contribution in [0.1, 0.15) is 77.6 Å². The summed E-state index contributed by atoms with van der Waals surface area (Å²) in [6.45, 7) is 3.78. The smallest absolute Gasteiger partial charge is 0.191 e. The Balaban J connectivity index is 2.39. The van der Waals surface area contributed by atoms with E-state index in [1.54, 1.807) is 0 Å². The number of nitrogens with zero attached hydrogens (tertiary/aromatic N) is 2. The number of rotatable bonds is 14. The highest BCUT2D eigenvalue weighted by molar-refractivity contribution is 7.80. The van der Waals surface area contributed by atoms with Gasteiger partial charge in [-0.3, -0.25) is 4.99 Å². The number of unbranched alkanes of at least 4 members (excludes halogenated alkanes) is 9. The van der Waals surface area contributed by atoms with Gasteiger partial charge in [0.15, 0.2) is 16.0 Å². The molecule has 0 aromatic rings. The Kier molecular flexibility index (Phi) is 11.5. The Hall–Kier alpha value is -1.15. The third-order valence-electron chi connectivity index (χ3n) is 4.73. The van der Waals surface area contributed by atoms with Crippen LogP contribution in [0.25, 0.3) is 0 Å². The van der Waals surface area contributed by atoms with Gasteiger partial charge in [0.25, 0.3) is 0 Å². The number of aliphatic imine (C=N–C) groups is 1. The van der Waals surface area contributed by atoms with E-state index in [0.29, 0.717) is 0 Å². The molecule has 1 rings (SSSR count). The maximum atomic E-state index is 5.77. The predicted octanol–water partition coefficient (Wildman–Crippen LogP) is 2.96. The summed E-state index contributed by atoms with van der Waals surface area (Å²) >= 11 is 10.2.